The predicted molar refractivity (Wildman–Crippen MR) is 52.7 cm³/mol. The predicted octanol–water partition coefficient (Wildman–Crippen LogP) is 1.77. The summed E-state index contributed by atoms with van der Waals surface area (Å²) >= 11 is 0. The van der Waals surface area contributed by atoms with Gasteiger partial charge in [-0.2, -0.15) is 5.10 Å². The molecule has 0 atom stereocenters. The third-order valence-electron chi connectivity index (χ3n) is 1.99. The molecule has 4 nitrogen and oxygen atoms in total. The van der Waals surface area contributed by atoms with Gasteiger partial charge in [0.05, 0.1) is 12.1 Å². The summed E-state index contributed by atoms with van der Waals surface area (Å²) in [5, 5.41) is 7.48. The number of aldehydes is 1. The summed E-state index contributed by atoms with van der Waals surface area (Å²) in [6.45, 7) is 2.54. The SMILES string of the molecule is CCOc1ccc2c(C=O)[nH]nc2c1. The first-order chi connectivity index (χ1) is 6.85. The summed E-state index contributed by atoms with van der Waals surface area (Å²) in [6, 6.07) is 5.46. The van der Waals surface area contributed by atoms with Crippen molar-refractivity contribution in [1.82, 2.24) is 10.2 Å². The number of aromatic amines is 1. The van der Waals surface area contributed by atoms with Gasteiger partial charge in [0.25, 0.3) is 0 Å². The topological polar surface area (TPSA) is 55.0 Å². The van der Waals surface area contributed by atoms with E-state index in [1.807, 2.05) is 25.1 Å². The van der Waals surface area contributed by atoms with Crippen molar-refractivity contribution in [2.24, 2.45) is 0 Å². The number of hydrogen-bond donors (Lipinski definition) is 1. The van der Waals surface area contributed by atoms with Crippen LogP contribution in [0.15, 0.2) is 18.2 Å². The molecular formula is C10H10N2O2. The molecule has 1 aromatic heterocycles. The number of ether oxygens (including phenoxy) is 1. The molecule has 1 N–H and O–H groups in total. The zero-order valence-electron chi connectivity index (χ0n) is 7.78. The van der Waals surface area contributed by atoms with E-state index in [0.29, 0.717) is 12.3 Å². The molecule has 0 fully saturated rings. The largest absolute Gasteiger partial charge is 0.494 e. The molecule has 2 rings (SSSR count). The molecular weight excluding hydrogens is 180 g/mol. The van der Waals surface area contributed by atoms with Gasteiger partial charge in [-0.3, -0.25) is 9.89 Å². The fraction of sp³-hybridized carbons (Fsp3) is 0.200. The summed E-state index contributed by atoms with van der Waals surface area (Å²) in [5.41, 5.74) is 1.25. The number of benzene rings is 1. The van der Waals surface area contributed by atoms with Gasteiger partial charge in [-0.25, -0.2) is 0 Å². The number of aromatic nitrogens is 2. The summed E-state index contributed by atoms with van der Waals surface area (Å²) in [5.74, 6) is 0.768. The minimum Gasteiger partial charge on any atom is -0.494 e. The molecule has 1 aromatic carbocycles. The van der Waals surface area contributed by atoms with Gasteiger partial charge in [-0.15, -0.1) is 0 Å². The van der Waals surface area contributed by atoms with Crippen LogP contribution in [0.4, 0.5) is 0 Å². The fourth-order valence-corrected chi connectivity index (χ4v) is 1.36. The molecule has 0 aliphatic heterocycles. The molecule has 1 heterocycles. The lowest BCUT2D eigenvalue weighted by molar-refractivity contribution is 0.112. The molecule has 14 heavy (non-hydrogen) atoms. The van der Waals surface area contributed by atoms with Crippen LogP contribution in [0.25, 0.3) is 10.9 Å². The molecule has 0 saturated carbocycles. The van der Waals surface area contributed by atoms with Crippen molar-refractivity contribution in [2.75, 3.05) is 6.61 Å². The highest BCUT2D eigenvalue weighted by Crippen LogP contribution is 2.20. The second-order valence-electron chi connectivity index (χ2n) is 2.87. The molecule has 2 aromatic rings. The van der Waals surface area contributed by atoms with Gasteiger partial charge in [0.1, 0.15) is 11.4 Å². The Morgan fingerprint density at radius 3 is 3.14 bits per heavy atom. The number of rotatable bonds is 3. The molecule has 0 saturated heterocycles. The minimum absolute atomic E-state index is 0.503. The lowest BCUT2D eigenvalue weighted by atomic mass is 10.2. The number of H-pyrrole nitrogens is 1. The van der Waals surface area contributed by atoms with Gasteiger partial charge in [0.15, 0.2) is 6.29 Å². The van der Waals surface area contributed by atoms with E-state index in [1.165, 1.54) is 0 Å². The third kappa shape index (κ3) is 1.35. The van der Waals surface area contributed by atoms with E-state index >= 15 is 0 Å². The number of nitrogens with one attached hydrogen (secondary N) is 1. The Kier molecular flexibility index (Phi) is 2.18. The van der Waals surface area contributed by atoms with Crippen molar-refractivity contribution < 1.29 is 9.53 Å². The average molecular weight is 190 g/mol. The minimum atomic E-state index is 0.503. The lowest BCUT2D eigenvalue weighted by Gasteiger charge is -2.00. The second kappa shape index (κ2) is 3.49. The maximum atomic E-state index is 10.6. The summed E-state index contributed by atoms with van der Waals surface area (Å²) in [7, 11) is 0. The van der Waals surface area contributed by atoms with Crippen LogP contribution in [0.2, 0.25) is 0 Å². The molecule has 0 aliphatic rings. The first kappa shape index (κ1) is 8.74. The van der Waals surface area contributed by atoms with Crippen molar-refractivity contribution >= 4 is 17.2 Å². The van der Waals surface area contributed by atoms with Crippen molar-refractivity contribution in [3.05, 3.63) is 23.9 Å². The zero-order chi connectivity index (χ0) is 9.97. The third-order valence-corrected chi connectivity index (χ3v) is 1.99. The zero-order valence-corrected chi connectivity index (χ0v) is 7.78. The van der Waals surface area contributed by atoms with Gasteiger partial charge in [-0.1, -0.05) is 0 Å². The van der Waals surface area contributed by atoms with Crippen LogP contribution in [0.5, 0.6) is 5.75 Å². The summed E-state index contributed by atoms with van der Waals surface area (Å²) in [6.07, 6.45) is 0.760. The highest BCUT2D eigenvalue weighted by Gasteiger charge is 2.04. The van der Waals surface area contributed by atoms with Crippen molar-refractivity contribution in [2.45, 2.75) is 6.92 Å². The number of carbonyl (C=O) groups is 1. The van der Waals surface area contributed by atoms with Gasteiger partial charge in [0, 0.05) is 11.5 Å². The molecule has 0 bridgehead atoms. The Morgan fingerprint density at radius 1 is 1.57 bits per heavy atom. The highest BCUT2D eigenvalue weighted by atomic mass is 16.5. The molecule has 0 aliphatic carbocycles. The van der Waals surface area contributed by atoms with Gasteiger partial charge in [0.2, 0.25) is 0 Å². The van der Waals surface area contributed by atoms with Crippen LogP contribution in [-0.2, 0) is 0 Å². The standard InChI is InChI=1S/C10H10N2O2/c1-2-14-7-3-4-8-9(5-7)11-12-10(8)6-13/h3-6H,2H2,1H3,(H,11,12). The van der Waals surface area contributed by atoms with E-state index < -0.39 is 0 Å². The van der Waals surface area contributed by atoms with E-state index in [2.05, 4.69) is 10.2 Å². The van der Waals surface area contributed by atoms with Crippen LogP contribution < -0.4 is 4.74 Å². The Morgan fingerprint density at radius 2 is 2.43 bits per heavy atom. The number of nitrogens with zero attached hydrogens (tertiary/aromatic N) is 1. The average Bonchev–Trinajstić information content (AvgIpc) is 2.60. The Balaban J connectivity index is 2.51. The van der Waals surface area contributed by atoms with Crippen LogP contribution in [0.3, 0.4) is 0 Å². The second-order valence-corrected chi connectivity index (χ2v) is 2.87. The van der Waals surface area contributed by atoms with Gasteiger partial charge in [-0.05, 0) is 19.1 Å². The molecule has 72 valence electrons. The lowest BCUT2D eigenvalue weighted by Crippen LogP contribution is -1.90. The first-order valence-electron chi connectivity index (χ1n) is 4.41. The molecule has 0 spiro atoms. The van der Waals surface area contributed by atoms with E-state index in [0.717, 1.165) is 22.9 Å². The Hall–Kier alpha value is -1.84. The maximum Gasteiger partial charge on any atom is 0.168 e. The Labute approximate surface area is 80.9 Å². The van der Waals surface area contributed by atoms with Crippen molar-refractivity contribution in [3.63, 3.8) is 0 Å². The maximum absolute atomic E-state index is 10.6. The monoisotopic (exact) mass is 190 g/mol. The van der Waals surface area contributed by atoms with Crippen molar-refractivity contribution in [3.8, 4) is 5.75 Å². The van der Waals surface area contributed by atoms with E-state index in [1.54, 1.807) is 0 Å². The first-order valence-corrected chi connectivity index (χ1v) is 4.41. The summed E-state index contributed by atoms with van der Waals surface area (Å²) in [4.78, 5) is 10.6. The van der Waals surface area contributed by atoms with Crippen LogP contribution in [0.1, 0.15) is 17.4 Å². The quantitative estimate of drug-likeness (QED) is 0.750. The van der Waals surface area contributed by atoms with E-state index in [4.69, 9.17) is 4.74 Å². The Bertz CT molecular complexity index is 462. The molecule has 0 amide bonds. The number of fused-ring (bicyclic) bond motifs is 1. The summed E-state index contributed by atoms with van der Waals surface area (Å²) < 4.78 is 5.31. The number of carbonyl (C=O) groups excluding carboxylic acids is 1. The van der Waals surface area contributed by atoms with E-state index in [-0.39, 0.29) is 0 Å². The molecule has 0 radical (unpaired) electrons. The van der Waals surface area contributed by atoms with Gasteiger partial charge >= 0.3 is 0 Å². The number of hydrogen-bond acceptors (Lipinski definition) is 3. The van der Waals surface area contributed by atoms with E-state index in [9.17, 15) is 4.79 Å². The smallest absolute Gasteiger partial charge is 0.168 e. The van der Waals surface area contributed by atoms with Crippen LogP contribution in [0, 0.1) is 0 Å². The molecule has 4 heteroatoms. The normalized spacial score (nSPS) is 10.4. The van der Waals surface area contributed by atoms with Crippen molar-refractivity contribution in [1.29, 1.82) is 0 Å². The van der Waals surface area contributed by atoms with Gasteiger partial charge < -0.3 is 4.74 Å². The van der Waals surface area contributed by atoms with Crippen LogP contribution in [-0.4, -0.2) is 23.1 Å². The molecule has 0 unspecified atom stereocenters. The highest BCUT2D eigenvalue weighted by molar-refractivity contribution is 5.95. The fourth-order valence-electron chi connectivity index (χ4n) is 1.36. The van der Waals surface area contributed by atoms with Crippen LogP contribution >= 0.6 is 0 Å².